The lowest BCUT2D eigenvalue weighted by Gasteiger charge is -2.59. The van der Waals surface area contributed by atoms with Crippen molar-refractivity contribution in [2.45, 2.75) is 136 Å². The van der Waals surface area contributed by atoms with Crippen molar-refractivity contribution >= 4 is 8.32 Å². The van der Waals surface area contributed by atoms with Crippen LogP contribution in [0.1, 0.15) is 93.4 Å². The van der Waals surface area contributed by atoms with Crippen LogP contribution in [-0.2, 0) is 13.9 Å². The highest BCUT2D eigenvalue weighted by Crippen LogP contribution is 2.67. The van der Waals surface area contributed by atoms with Crippen LogP contribution < -0.4 is 0 Å². The van der Waals surface area contributed by atoms with Crippen molar-refractivity contribution < 1.29 is 13.9 Å². The standard InChI is InChI=1S/C28H48O3Si/c1-25(2,3)32(8,9)31-21-14-13-18-22-19(15-17-28(18,21)7)27(6)16-11-10-12-20(27)23-24(22)30-26(4,5)29-23/h15,18,20-24H,10-14,16-17H2,1-9H3/t18?,20?,21-,22?,23+,24+,27+,28-/m0/s1. The van der Waals surface area contributed by atoms with Gasteiger partial charge in [-0.1, -0.05) is 59.1 Å². The van der Waals surface area contributed by atoms with Gasteiger partial charge in [-0.05, 0) is 86.7 Å². The maximum absolute atomic E-state index is 7.14. The number of ether oxygens (including phenoxy) is 2. The normalized spacial score (nSPS) is 47.8. The Hall–Kier alpha value is -0.163. The topological polar surface area (TPSA) is 27.7 Å². The third-order valence-electron chi connectivity index (χ3n) is 11.0. The Morgan fingerprint density at radius 1 is 0.938 bits per heavy atom. The van der Waals surface area contributed by atoms with Crippen molar-refractivity contribution in [3.63, 3.8) is 0 Å². The number of fused-ring (bicyclic) bond motifs is 8. The molecule has 0 amide bonds. The molecule has 3 unspecified atom stereocenters. The van der Waals surface area contributed by atoms with E-state index in [0.29, 0.717) is 23.9 Å². The van der Waals surface area contributed by atoms with Crippen LogP contribution in [0, 0.1) is 28.6 Å². The molecule has 0 aromatic carbocycles. The quantitative estimate of drug-likeness (QED) is 0.316. The molecule has 0 radical (unpaired) electrons. The van der Waals surface area contributed by atoms with Crippen molar-refractivity contribution in [2.24, 2.45) is 28.6 Å². The van der Waals surface area contributed by atoms with Crippen molar-refractivity contribution in [3.05, 3.63) is 11.6 Å². The van der Waals surface area contributed by atoms with Gasteiger partial charge in [-0.2, -0.15) is 0 Å². The molecule has 1 aliphatic heterocycles. The molecule has 182 valence electrons. The van der Waals surface area contributed by atoms with Gasteiger partial charge in [0.2, 0.25) is 0 Å². The van der Waals surface area contributed by atoms with Gasteiger partial charge in [0.1, 0.15) is 0 Å². The molecule has 0 bridgehead atoms. The maximum Gasteiger partial charge on any atom is 0.192 e. The van der Waals surface area contributed by atoms with E-state index in [9.17, 15) is 0 Å². The Labute approximate surface area is 198 Å². The average molecular weight is 461 g/mol. The van der Waals surface area contributed by atoms with E-state index in [-0.39, 0.29) is 28.1 Å². The molecule has 32 heavy (non-hydrogen) atoms. The molecule has 3 saturated carbocycles. The molecule has 5 aliphatic rings. The van der Waals surface area contributed by atoms with E-state index in [1.165, 1.54) is 44.9 Å². The molecule has 0 aromatic rings. The van der Waals surface area contributed by atoms with Crippen LogP contribution >= 0.6 is 0 Å². The minimum absolute atomic E-state index is 0.211. The highest BCUT2D eigenvalue weighted by Gasteiger charge is 2.66. The summed E-state index contributed by atoms with van der Waals surface area (Å²) in [5.41, 5.74) is 2.23. The smallest absolute Gasteiger partial charge is 0.192 e. The van der Waals surface area contributed by atoms with E-state index in [4.69, 9.17) is 13.9 Å². The second-order valence-electron chi connectivity index (χ2n) is 14.3. The molecule has 3 nitrogen and oxygen atoms in total. The number of hydrogen-bond acceptors (Lipinski definition) is 3. The third-order valence-corrected chi connectivity index (χ3v) is 15.5. The fourth-order valence-corrected chi connectivity index (χ4v) is 9.63. The van der Waals surface area contributed by atoms with Gasteiger partial charge in [0.05, 0.1) is 18.3 Å². The van der Waals surface area contributed by atoms with E-state index in [0.717, 1.165) is 0 Å². The molecule has 1 heterocycles. The van der Waals surface area contributed by atoms with Crippen LogP contribution in [-0.4, -0.2) is 32.4 Å². The average Bonchev–Trinajstić information content (AvgIpc) is 3.16. The van der Waals surface area contributed by atoms with Crippen LogP contribution in [0.15, 0.2) is 11.6 Å². The molecule has 0 N–H and O–H groups in total. The largest absolute Gasteiger partial charge is 0.413 e. The molecule has 0 spiro atoms. The van der Waals surface area contributed by atoms with Crippen LogP contribution in [0.3, 0.4) is 0 Å². The number of rotatable bonds is 2. The first-order valence-corrected chi connectivity index (χ1v) is 16.3. The van der Waals surface area contributed by atoms with Crippen LogP contribution in [0.4, 0.5) is 0 Å². The summed E-state index contributed by atoms with van der Waals surface area (Å²) in [5.74, 6) is 1.28. The highest BCUT2D eigenvalue weighted by molar-refractivity contribution is 6.74. The molecule has 5 rings (SSSR count). The zero-order chi connectivity index (χ0) is 23.3. The van der Waals surface area contributed by atoms with Gasteiger partial charge >= 0.3 is 0 Å². The lowest BCUT2D eigenvalue weighted by molar-refractivity contribution is -0.155. The summed E-state index contributed by atoms with van der Waals surface area (Å²) in [6.07, 6.45) is 12.5. The Morgan fingerprint density at radius 3 is 2.31 bits per heavy atom. The third kappa shape index (κ3) is 3.29. The monoisotopic (exact) mass is 460 g/mol. The minimum Gasteiger partial charge on any atom is -0.413 e. The number of allylic oxidation sites excluding steroid dienone is 1. The molecular weight excluding hydrogens is 412 g/mol. The molecule has 4 heteroatoms. The first kappa shape index (κ1) is 23.6. The second-order valence-corrected chi connectivity index (χ2v) is 19.0. The first-order chi connectivity index (χ1) is 14.7. The van der Waals surface area contributed by atoms with E-state index in [2.05, 4.69) is 67.6 Å². The van der Waals surface area contributed by atoms with Gasteiger partial charge in [-0.15, -0.1) is 0 Å². The summed E-state index contributed by atoms with van der Waals surface area (Å²) in [5, 5.41) is 0.252. The Balaban J connectivity index is 1.52. The first-order valence-electron chi connectivity index (χ1n) is 13.4. The summed E-state index contributed by atoms with van der Waals surface area (Å²) in [6, 6.07) is 0. The summed E-state index contributed by atoms with van der Waals surface area (Å²) >= 11 is 0. The van der Waals surface area contributed by atoms with E-state index >= 15 is 0 Å². The SMILES string of the molecule is CC1(C)O[C@@H]2C3C(=CC[C@@]4(C)C3CC[C@@H]4O[Si](C)(C)C(C)(C)C)[C@@]3(C)CCCCC3[C@H]2O1. The molecule has 4 fully saturated rings. The highest BCUT2D eigenvalue weighted by atomic mass is 28.4. The molecule has 8 atom stereocenters. The summed E-state index contributed by atoms with van der Waals surface area (Å²) in [7, 11) is -1.81. The van der Waals surface area contributed by atoms with E-state index < -0.39 is 14.1 Å². The lowest BCUT2D eigenvalue weighted by Crippen LogP contribution is -2.59. The van der Waals surface area contributed by atoms with Gasteiger partial charge in [-0.25, -0.2) is 0 Å². The van der Waals surface area contributed by atoms with Gasteiger partial charge in [0.15, 0.2) is 14.1 Å². The van der Waals surface area contributed by atoms with Crippen molar-refractivity contribution in [2.75, 3.05) is 0 Å². The predicted octanol–water partition coefficient (Wildman–Crippen LogP) is 7.47. The lowest BCUT2D eigenvalue weighted by atomic mass is 9.48. The fraction of sp³-hybridized carbons (Fsp3) is 0.929. The summed E-state index contributed by atoms with van der Waals surface area (Å²) in [4.78, 5) is 0. The van der Waals surface area contributed by atoms with Gasteiger partial charge in [-0.3, -0.25) is 0 Å². The van der Waals surface area contributed by atoms with Crippen LogP contribution in [0.5, 0.6) is 0 Å². The predicted molar refractivity (Wildman–Crippen MR) is 133 cm³/mol. The second kappa shape index (κ2) is 7.18. The van der Waals surface area contributed by atoms with Crippen molar-refractivity contribution in [1.29, 1.82) is 0 Å². The summed E-state index contributed by atoms with van der Waals surface area (Å²) < 4.78 is 20.6. The Bertz CT molecular complexity index is 795. The number of hydrogen-bond donors (Lipinski definition) is 0. The summed E-state index contributed by atoms with van der Waals surface area (Å²) in [6.45, 7) is 21.3. The maximum atomic E-state index is 7.14. The van der Waals surface area contributed by atoms with Gasteiger partial charge < -0.3 is 13.9 Å². The fourth-order valence-electron chi connectivity index (χ4n) is 8.18. The molecule has 0 aromatic heterocycles. The minimum atomic E-state index is -1.81. The molecule has 1 saturated heterocycles. The molecule has 4 aliphatic carbocycles. The van der Waals surface area contributed by atoms with Crippen LogP contribution in [0.25, 0.3) is 0 Å². The zero-order valence-corrected chi connectivity index (χ0v) is 23.2. The molecular formula is C28H48O3Si. The van der Waals surface area contributed by atoms with E-state index in [1.54, 1.807) is 5.57 Å². The van der Waals surface area contributed by atoms with Gasteiger partial charge in [0.25, 0.3) is 0 Å². The van der Waals surface area contributed by atoms with Gasteiger partial charge in [0, 0.05) is 5.92 Å². The Morgan fingerprint density at radius 2 is 1.62 bits per heavy atom. The van der Waals surface area contributed by atoms with Crippen LogP contribution in [0.2, 0.25) is 18.1 Å². The zero-order valence-electron chi connectivity index (χ0n) is 22.2. The Kier molecular flexibility index (Phi) is 5.29. The van der Waals surface area contributed by atoms with Crippen molar-refractivity contribution in [3.8, 4) is 0 Å². The van der Waals surface area contributed by atoms with E-state index in [1.807, 2.05) is 0 Å². The van der Waals surface area contributed by atoms with Crippen molar-refractivity contribution in [1.82, 2.24) is 0 Å².